The molecule has 2 aliphatic rings. The number of anilines is 1. The molecule has 2 aromatic rings. The van der Waals surface area contributed by atoms with Crippen LogP contribution in [0.15, 0.2) is 42.5 Å². The summed E-state index contributed by atoms with van der Waals surface area (Å²) in [6, 6.07) is 11.4. The Morgan fingerprint density at radius 1 is 1.03 bits per heavy atom. The highest BCUT2D eigenvalue weighted by atomic mass is 19.4. The van der Waals surface area contributed by atoms with Crippen LogP contribution in [-0.2, 0) is 11.2 Å². The molecule has 0 aromatic heterocycles. The first-order chi connectivity index (χ1) is 16.3. The smallest absolute Gasteiger partial charge is 0.373 e. The van der Waals surface area contributed by atoms with E-state index >= 15 is 0 Å². The highest BCUT2D eigenvalue weighted by Gasteiger charge is 2.39. The number of halogens is 3. The van der Waals surface area contributed by atoms with Gasteiger partial charge < -0.3 is 15.0 Å². The van der Waals surface area contributed by atoms with Crippen molar-refractivity contribution in [1.29, 1.82) is 0 Å². The van der Waals surface area contributed by atoms with Crippen molar-refractivity contribution in [3.63, 3.8) is 0 Å². The van der Waals surface area contributed by atoms with E-state index in [2.05, 4.69) is 15.1 Å². The summed E-state index contributed by atoms with van der Waals surface area (Å²) in [5.74, 6) is -1.91. The van der Waals surface area contributed by atoms with Crippen LogP contribution in [0.1, 0.15) is 44.4 Å². The number of benzene rings is 2. The molecule has 0 bridgehead atoms. The Kier molecular flexibility index (Phi) is 7.23. The Morgan fingerprint density at radius 3 is 2.35 bits per heavy atom. The molecule has 182 valence electrons. The van der Waals surface area contributed by atoms with Gasteiger partial charge in [0, 0.05) is 56.6 Å². The number of nitrogens with one attached hydrogen (secondary N) is 1. The molecule has 6 nitrogen and oxygen atoms in total. The van der Waals surface area contributed by atoms with Gasteiger partial charge in [-0.05, 0) is 60.4 Å². The predicted octanol–water partition coefficient (Wildman–Crippen LogP) is 3.62. The third-order valence-electron chi connectivity index (χ3n) is 6.50. The highest BCUT2D eigenvalue weighted by Crippen LogP contribution is 2.31. The number of hydrogen-bond acceptors (Lipinski definition) is 5. The third-order valence-corrected chi connectivity index (χ3v) is 6.50. The average molecular weight is 476 g/mol. The lowest BCUT2D eigenvalue weighted by molar-refractivity contribution is -0.0885. The molecule has 1 N–H and O–H groups in total. The second-order valence-corrected chi connectivity index (χ2v) is 8.59. The summed E-state index contributed by atoms with van der Waals surface area (Å²) in [6.07, 6.45) is -3.22. The van der Waals surface area contributed by atoms with Gasteiger partial charge in [0.25, 0.3) is 11.7 Å². The number of ether oxygens (including phenoxy) is 1. The fourth-order valence-corrected chi connectivity index (χ4v) is 4.58. The second-order valence-electron chi connectivity index (χ2n) is 8.59. The zero-order chi connectivity index (χ0) is 24.3. The van der Waals surface area contributed by atoms with E-state index in [4.69, 9.17) is 4.74 Å². The van der Waals surface area contributed by atoms with Gasteiger partial charge >= 0.3 is 6.18 Å². The number of piperazine rings is 1. The minimum absolute atomic E-state index is 0.000712. The number of hydrogen-bond donors (Lipinski definition) is 1. The molecule has 2 aliphatic heterocycles. The van der Waals surface area contributed by atoms with E-state index in [1.54, 1.807) is 19.2 Å². The molecular formula is C25H28F3N3O3. The van der Waals surface area contributed by atoms with E-state index in [9.17, 15) is 22.8 Å². The van der Waals surface area contributed by atoms with Crippen LogP contribution in [0.5, 0.6) is 0 Å². The lowest BCUT2D eigenvalue weighted by Gasteiger charge is -2.37. The summed E-state index contributed by atoms with van der Waals surface area (Å²) in [4.78, 5) is 27.8. The maximum absolute atomic E-state index is 12.6. The van der Waals surface area contributed by atoms with E-state index in [-0.39, 0.29) is 17.6 Å². The van der Waals surface area contributed by atoms with Crippen molar-refractivity contribution in [2.75, 3.05) is 51.3 Å². The van der Waals surface area contributed by atoms with E-state index in [1.807, 2.05) is 18.2 Å². The van der Waals surface area contributed by atoms with Gasteiger partial charge in [0.05, 0.1) is 12.7 Å². The predicted molar refractivity (Wildman–Crippen MR) is 122 cm³/mol. The van der Waals surface area contributed by atoms with Gasteiger partial charge in [-0.15, -0.1) is 0 Å². The molecule has 0 saturated carbocycles. The van der Waals surface area contributed by atoms with Gasteiger partial charge in [0.1, 0.15) is 0 Å². The number of carbonyl (C=O) groups is 2. The van der Waals surface area contributed by atoms with Gasteiger partial charge in [-0.2, -0.15) is 13.2 Å². The number of nitrogens with zero attached hydrogens (tertiary/aromatic N) is 2. The molecule has 1 atom stereocenters. The topological polar surface area (TPSA) is 61.9 Å². The molecule has 0 unspecified atom stereocenters. The number of alkyl halides is 3. The molecule has 0 aliphatic carbocycles. The van der Waals surface area contributed by atoms with Crippen LogP contribution < -0.4 is 10.2 Å². The van der Waals surface area contributed by atoms with Crippen LogP contribution in [-0.4, -0.2) is 69.1 Å². The maximum atomic E-state index is 12.6. The highest BCUT2D eigenvalue weighted by molar-refractivity contribution is 6.00. The van der Waals surface area contributed by atoms with Crippen LogP contribution in [0.2, 0.25) is 0 Å². The summed E-state index contributed by atoms with van der Waals surface area (Å²) in [5.41, 5.74) is 3.44. The Balaban J connectivity index is 1.29. The zero-order valence-corrected chi connectivity index (χ0v) is 19.0. The first-order valence-electron chi connectivity index (χ1n) is 11.4. The molecule has 4 rings (SSSR count). The minimum atomic E-state index is -4.86. The Labute approximate surface area is 196 Å². The number of amides is 1. The lowest BCUT2D eigenvalue weighted by Crippen LogP contribution is -2.47. The molecule has 9 heteroatoms. The monoisotopic (exact) mass is 475 g/mol. The summed E-state index contributed by atoms with van der Waals surface area (Å²) < 4.78 is 43.8. The van der Waals surface area contributed by atoms with E-state index in [1.165, 1.54) is 12.1 Å². The molecule has 1 fully saturated rings. The molecule has 1 amide bonds. The Hall–Kier alpha value is -2.91. The van der Waals surface area contributed by atoms with Crippen LogP contribution in [0.25, 0.3) is 0 Å². The second kappa shape index (κ2) is 10.1. The molecule has 2 heterocycles. The van der Waals surface area contributed by atoms with Crippen molar-refractivity contribution < 1.29 is 27.5 Å². The van der Waals surface area contributed by atoms with Crippen molar-refractivity contribution in [2.45, 2.75) is 25.1 Å². The van der Waals surface area contributed by atoms with Crippen molar-refractivity contribution in [3.8, 4) is 0 Å². The molecular weight excluding hydrogens is 447 g/mol. The fourth-order valence-electron chi connectivity index (χ4n) is 4.58. The molecule has 2 aromatic carbocycles. The average Bonchev–Trinajstić information content (AvgIpc) is 2.86. The Bertz CT molecular complexity index is 1030. The first-order valence-corrected chi connectivity index (χ1v) is 11.4. The normalized spacial score (nSPS) is 18.9. The van der Waals surface area contributed by atoms with Crippen molar-refractivity contribution in [2.24, 2.45) is 0 Å². The quantitative estimate of drug-likeness (QED) is 0.647. The SMILES string of the molecule is CNC(=O)c1ccc2c(c1)CCO[C@H]2CCN1CCN(c2ccc(C(=O)C(F)(F)F)cc2)CC1. The van der Waals surface area contributed by atoms with Gasteiger partial charge in [-0.3, -0.25) is 14.5 Å². The van der Waals surface area contributed by atoms with E-state index < -0.39 is 12.0 Å². The number of Topliss-reactive ketones (excluding diaryl/α,β-unsaturated/α-hetero) is 1. The maximum Gasteiger partial charge on any atom is 0.454 e. The van der Waals surface area contributed by atoms with E-state index in [0.717, 1.165) is 62.4 Å². The van der Waals surface area contributed by atoms with Crippen molar-refractivity contribution in [3.05, 3.63) is 64.7 Å². The van der Waals surface area contributed by atoms with Crippen LogP contribution in [0, 0.1) is 0 Å². The molecule has 34 heavy (non-hydrogen) atoms. The lowest BCUT2D eigenvalue weighted by atomic mass is 9.93. The van der Waals surface area contributed by atoms with Gasteiger partial charge in [-0.1, -0.05) is 6.07 Å². The molecule has 0 spiro atoms. The van der Waals surface area contributed by atoms with Gasteiger partial charge in [0.15, 0.2) is 0 Å². The molecule has 0 radical (unpaired) electrons. The largest absolute Gasteiger partial charge is 0.454 e. The number of ketones is 1. The van der Waals surface area contributed by atoms with Gasteiger partial charge in [-0.25, -0.2) is 0 Å². The van der Waals surface area contributed by atoms with E-state index in [0.29, 0.717) is 12.2 Å². The summed E-state index contributed by atoms with van der Waals surface area (Å²) >= 11 is 0. The number of fused-ring (bicyclic) bond motifs is 1. The third kappa shape index (κ3) is 5.42. The van der Waals surface area contributed by atoms with Crippen LogP contribution >= 0.6 is 0 Å². The van der Waals surface area contributed by atoms with Crippen molar-refractivity contribution >= 4 is 17.4 Å². The molecule has 1 saturated heterocycles. The van der Waals surface area contributed by atoms with Crippen molar-refractivity contribution in [1.82, 2.24) is 10.2 Å². The number of rotatable bonds is 6. The standard InChI is InChI=1S/C25H28F3N3O3/c1-29-24(33)19-4-7-21-18(16-19)9-15-34-22(21)8-10-30-11-13-31(14-12-30)20-5-2-17(3-6-20)23(32)25(26,27)28/h2-7,16,22H,8-15H2,1H3,(H,29,33)/t22-/m0/s1. The summed E-state index contributed by atoms with van der Waals surface area (Å²) in [7, 11) is 1.62. The van der Waals surface area contributed by atoms with Gasteiger partial charge in [0.2, 0.25) is 0 Å². The van der Waals surface area contributed by atoms with Crippen LogP contribution in [0.3, 0.4) is 0 Å². The fraction of sp³-hybridized carbons (Fsp3) is 0.440. The summed E-state index contributed by atoms with van der Waals surface area (Å²) in [5, 5.41) is 2.66. The number of carbonyl (C=O) groups excluding carboxylic acids is 2. The Morgan fingerprint density at radius 2 is 1.71 bits per heavy atom. The summed E-state index contributed by atoms with van der Waals surface area (Å²) in [6.45, 7) is 4.68. The zero-order valence-electron chi connectivity index (χ0n) is 19.0. The van der Waals surface area contributed by atoms with Crippen LogP contribution in [0.4, 0.5) is 18.9 Å². The minimum Gasteiger partial charge on any atom is -0.373 e. The first kappa shape index (κ1) is 24.2.